The van der Waals surface area contributed by atoms with Crippen molar-refractivity contribution in [2.24, 2.45) is 5.73 Å². The van der Waals surface area contributed by atoms with E-state index in [1.54, 1.807) is 0 Å². The lowest BCUT2D eigenvalue weighted by Gasteiger charge is -2.18. The molecule has 2 rings (SSSR count). The van der Waals surface area contributed by atoms with Crippen molar-refractivity contribution in [3.63, 3.8) is 0 Å². The molecule has 3 N–H and O–H groups in total. The molecule has 2 heteroatoms. The highest BCUT2D eigenvalue weighted by molar-refractivity contribution is 5.40. The molecule has 0 spiro atoms. The number of benzene rings is 1. The normalized spacial score (nSPS) is 16.8. The second kappa shape index (κ2) is 4.69. The third kappa shape index (κ3) is 2.27. The summed E-state index contributed by atoms with van der Waals surface area (Å²) in [4.78, 5) is 0. The zero-order valence-electron chi connectivity index (χ0n) is 9.50. The first-order valence-electron chi connectivity index (χ1n) is 5.83. The number of rotatable bonds is 5. The molecule has 0 radical (unpaired) electrons. The summed E-state index contributed by atoms with van der Waals surface area (Å²) in [5, 5.41) is 3.59. The smallest absolute Gasteiger partial charge is 0.0436 e. The fraction of sp³-hybridized carbons (Fsp3) is 0.429. The highest BCUT2D eigenvalue weighted by Crippen LogP contribution is 2.45. The molecule has 1 aliphatic carbocycles. The molecule has 1 aromatic rings. The molecule has 0 aliphatic heterocycles. The van der Waals surface area contributed by atoms with Crippen molar-refractivity contribution in [3.05, 3.63) is 35.4 Å². The second-order valence-corrected chi connectivity index (χ2v) is 4.38. The van der Waals surface area contributed by atoms with Gasteiger partial charge in [-0.1, -0.05) is 18.1 Å². The standard InChI is InChI=1S/C14H18N2/c1-2-12-5-3-6-13(11-12)14(7-8-14)16-10-4-9-15/h1,3,5-6,11,16H,4,7-10,15H2. The van der Waals surface area contributed by atoms with Crippen molar-refractivity contribution >= 4 is 0 Å². The van der Waals surface area contributed by atoms with Crippen molar-refractivity contribution in [3.8, 4) is 12.3 Å². The second-order valence-electron chi connectivity index (χ2n) is 4.38. The first kappa shape index (κ1) is 11.2. The highest BCUT2D eigenvalue weighted by atomic mass is 15.0. The molecule has 84 valence electrons. The maximum absolute atomic E-state index is 5.50. The van der Waals surface area contributed by atoms with Gasteiger partial charge in [0, 0.05) is 11.1 Å². The molecule has 0 bridgehead atoms. The van der Waals surface area contributed by atoms with Crippen molar-refractivity contribution in [2.75, 3.05) is 13.1 Å². The van der Waals surface area contributed by atoms with E-state index >= 15 is 0 Å². The minimum atomic E-state index is 0.183. The Morgan fingerprint density at radius 1 is 1.44 bits per heavy atom. The molecule has 0 aromatic heterocycles. The van der Waals surface area contributed by atoms with Crippen LogP contribution in [0.5, 0.6) is 0 Å². The van der Waals surface area contributed by atoms with Crippen LogP contribution >= 0.6 is 0 Å². The molecule has 0 heterocycles. The van der Waals surface area contributed by atoms with Gasteiger partial charge in [-0.2, -0.15) is 0 Å². The van der Waals surface area contributed by atoms with E-state index in [4.69, 9.17) is 12.2 Å². The summed E-state index contributed by atoms with van der Waals surface area (Å²) in [5.41, 5.74) is 7.96. The zero-order chi connectivity index (χ0) is 11.4. The third-order valence-electron chi connectivity index (χ3n) is 3.18. The predicted octanol–water partition coefficient (Wildman–Crippen LogP) is 1.60. The lowest BCUT2D eigenvalue weighted by atomic mass is 10.0. The van der Waals surface area contributed by atoms with Crippen molar-refractivity contribution in [1.29, 1.82) is 0 Å². The summed E-state index contributed by atoms with van der Waals surface area (Å²) in [5.74, 6) is 2.69. The Morgan fingerprint density at radius 3 is 2.88 bits per heavy atom. The third-order valence-corrected chi connectivity index (χ3v) is 3.18. The number of nitrogens with one attached hydrogen (secondary N) is 1. The van der Waals surface area contributed by atoms with Crippen LogP contribution in [0.25, 0.3) is 0 Å². The van der Waals surface area contributed by atoms with E-state index in [0.717, 1.165) is 25.1 Å². The molecule has 0 atom stereocenters. The first-order valence-corrected chi connectivity index (χ1v) is 5.83. The molecule has 1 fully saturated rings. The number of terminal acetylenes is 1. The monoisotopic (exact) mass is 214 g/mol. The van der Waals surface area contributed by atoms with E-state index in [1.165, 1.54) is 18.4 Å². The van der Waals surface area contributed by atoms with Crippen LogP contribution in [0.1, 0.15) is 30.4 Å². The lowest BCUT2D eigenvalue weighted by molar-refractivity contribution is 0.512. The van der Waals surface area contributed by atoms with Crippen molar-refractivity contribution < 1.29 is 0 Å². The number of hydrogen-bond donors (Lipinski definition) is 2. The Kier molecular flexibility index (Phi) is 3.28. The van der Waals surface area contributed by atoms with Gasteiger partial charge < -0.3 is 11.1 Å². The zero-order valence-corrected chi connectivity index (χ0v) is 9.50. The summed E-state index contributed by atoms with van der Waals surface area (Å²) in [6, 6.07) is 8.28. The van der Waals surface area contributed by atoms with Crippen LogP contribution < -0.4 is 11.1 Å². The SMILES string of the molecule is C#Cc1cccc(C2(NCCCN)CC2)c1. The Balaban J connectivity index is 2.08. The molecule has 0 amide bonds. The molecule has 1 saturated carbocycles. The Hall–Kier alpha value is -1.30. The molecular weight excluding hydrogens is 196 g/mol. The first-order chi connectivity index (χ1) is 7.80. The van der Waals surface area contributed by atoms with Crippen LogP contribution in [-0.2, 0) is 5.54 Å². The minimum absolute atomic E-state index is 0.183. The van der Waals surface area contributed by atoms with Gasteiger partial charge in [-0.15, -0.1) is 6.42 Å². The predicted molar refractivity (Wildman–Crippen MR) is 67.0 cm³/mol. The quantitative estimate of drug-likeness (QED) is 0.577. The summed E-state index contributed by atoms with van der Waals surface area (Å²) in [7, 11) is 0. The number of hydrogen-bond acceptors (Lipinski definition) is 2. The lowest BCUT2D eigenvalue weighted by Crippen LogP contribution is -2.30. The van der Waals surface area contributed by atoms with Crippen LogP contribution in [0, 0.1) is 12.3 Å². The van der Waals surface area contributed by atoms with Gasteiger partial charge in [-0.05, 0) is 50.0 Å². The topological polar surface area (TPSA) is 38.0 Å². The van der Waals surface area contributed by atoms with Gasteiger partial charge in [0.15, 0.2) is 0 Å². The van der Waals surface area contributed by atoms with Crippen LogP contribution in [0.3, 0.4) is 0 Å². The van der Waals surface area contributed by atoms with Crippen LogP contribution in [0.4, 0.5) is 0 Å². The van der Waals surface area contributed by atoms with Crippen LogP contribution in [-0.4, -0.2) is 13.1 Å². The van der Waals surface area contributed by atoms with Gasteiger partial charge in [-0.25, -0.2) is 0 Å². The largest absolute Gasteiger partial charge is 0.330 e. The summed E-state index contributed by atoms with van der Waals surface area (Å²) < 4.78 is 0. The van der Waals surface area contributed by atoms with Crippen LogP contribution in [0.2, 0.25) is 0 Å². The average molecular weight is 214 g/mol. The molecule has 1 aliphatic rings. The van der Waals surface area contributed by atoms with Crippen molar-refractivity contribution in [2.45, 2.75) is 24.8 Å². The maximum Gasteiger partial charge on any atom is 0.0436 e. The maximum atomic E-state index is 5.50. The Morgan fingerprint density at radius 2 is 2.25 bits per heavy atom. The van der Waals surface area contributed by atoms with E-state index in [2.05, 4.69) is 23.4 Å². The highest BCUT2D eigenvalue weighted by Gasteiger charge is 2.43. The van der Waals surface area contributed by atoms with Gasteiger partial charge in [0.2, 0.25) is 0 Å². The van der Waals surface area contributed by atoms with Gasteiger partial charge in [-0.3, -0.25) is 0 Å². The average Bonchev–Trinajstić information content (AvgIpc) is 3.11. The van der Waals surface area contributed by atoms with E-state index in [0.29, 0.717) is 0 Å². The molecule has 1 aromatic carbocycles. The Labute approximate surface area is 97.2 Å². The Bertz CT molecular complexity index is 399. The molecule has 16 heavy (non-hydrogen) atoms. The fourth-order valence-electron chi connectivity index (χ4n) is 2.03. The minimum Gasteiger partial charge on any atom is -0.330 e. The molecule has 2 nitrogen and oxygen atoms in total. The molecular formula is C14H18N2. The van der Waals surface area contributed by atoms with E-state index in [9.17, 15) is 0 Å². The van der Waals surface area contributed by atoms with E-state index in [-0.39, 0.29) is 5.54 Å². The fourth-order valence-corrected chi connectivity index (χ4v) is 2.03. The number of nitrogens with two attached hydrogens (primary N) is 1. The summed E-state index contributed by atoms with van der Waals surface area (Å²) in [6.07, 6.45) is 8.84. The van der Waals surface area contributed by atoms with E-state index < -0.39 is 0 Å². The van der Waals surface area contributed by atoms with Gasteiger partial charge in [0.1, 0.15) is 0 Å². The molecule has 0 unspecified atom stereocenters. The van der Waals surface area contributed by atoms with Gasteiger partial charge in [0.25, 0.3) is 0 Å². The van der Waals surface area contributed by atoms with Gasteiger partial charge in [0.05, 0.1) is 0 Å². The summed E-state index contributed by atoms with van der Waals surface area (Å²) >= 11 is 0. The van der Waals surface area contributed by atoms with Crippen molar-refractivity contribution in [1.82, 2.24) is 5.32 Å². The van der Waals surface area contributed by atoms with E-state index in [1.807, 2.05) is 12.1 Å². The van der Waals surface area contributed by atoms with Gasteiger partial charge >= 0.3 is 0 Å². The summed E-state index contributed by atoms with van der Waals surface area (Å²) in [6.45, 7) is 1.73. The van der Waals surface area contributed by atoms with Crippen LogP contribution in [0.15, 0.2) is 24.3 Å². The molecule has 0 saturated heterocycles.